The summed E-state index contributed by atoms with van der Waals surface area (Å²) in [7, 11) is 0. The summed E-state index contributed by atoms with van der Waals surface area (Å²) in [6.45, 7) is 6.65. The smallest absolute Gasteiger partial charge is 0.0813 e. The lowest BCUT2D eigenvalue weighted by Gasteiger charge is -2.27. The molecule has 2 rings (SSSR count). The Morgan fingerprint density at radius 3 is 2.58 bits per heavy atom. The predicted molar refractivity (Wildman–Crippen MR) is 83.2 cm³/mol. The average Bonchev–Trinajstić information content (AvgIpc) is 3.18. The van der Waals surface area contributed by atoms with Crippen molar-refractivity contribution in [3.8, 4) is 0 Å². The lowest BCUT2D eigenvalue weighted by Crippen LogP contribution is -2.34. The molecule has 1 aliphatic rings. The fourth-order valence-corrected chi connectivity index (χ4v) is 2.93. The molecule has 1 aliphatic carbocycles. The third-order valence-corrected chi connectivity index (χ3v) is 4.60. The van der Waals surface area contributed by atoms with Crippen LogP contribution in [-0.4, -0.2) is 29.1 Å². The number of aliphatic hydroxyl groups is 1. The van der Waals surface area contributed by atoms with Gasteiger partial charge >= 0.3 is 0 Å². The summed E-state index contributed by atoms with van der Waals surface area (Å²) in [5.41, 5.74) is 0.998. The Morgan fingerprint density at radius 2 is 2.00 bits per heavy atom. The molecule has 3 heteroatoms. The monoisotopic (exact) mass is 325 g/mol. The number of hydrogen-bond donors (Lipinski definition) is 1. The number of rotatable bonds is 7. The molecule has 1 fully saturated rings. The summed E-state index contributed by atoms with van der Waals surface area (Å²) in [4.78, 5) is 2.50. The van der Waals surface area contributed by atoms with E-state index in [2.05, 4.69) is 34.7 Å². The van der Waals surface area contributed by atoms with E-state index < -0.39 is 0 Å². The van der Waals surface area contributed by atoms with Crippen LogP contribution in [-0.2, 0) is 0 Å². The molecule has 2 nitrogen and oxygen atoms in total. The van der Waals surface area contributed by atoms with Crippen LogP contribution < -0.4 is 0 Å². The van der Waals surface area contributed by atoms with Crippen molar-refractivity contribution in [2.45, 2.75) is 45.3 Å². The molecule has 0 heterocycles. The first-order valence-corrected chi connectivity index (χ1v) is 8.03. The third-order valence-electron chi connectivity index (χ3n) is 3.87. The maximum Gasteiger partial charge on any atom is 0.0813 e. The van der Waals surface area contributed by atoms with Gasteiger partial charge in [0, 0.05) is 23.6 Å². The second-order valence-corrected chi connectivity index (χ2v) is 6.71. The van der Waals surface area contributed by atoms with Gasteiger partial charge in [0.2, 0.25) is 0 Å². The highest BCUT2D eigenvalue weighted by atomic mass is 79.9. The van der Waals surface area contributed by atoms with Crippen LogP contribution in [0.3, 0.4) is 0 Å². The first-order valence-electron chi connectivity index (χ1n) is 7.24. The lowest BCUT2D eigenvalue weighted by molar-refractivity contribution is 0.127. The van der Waals surface area contributed by atoms with E-state index in [1.54, 1.807) is 0 Å². The molecule has 0 aliphatic heterocycles. The van der Waals surface area contributed by atoms with Crippen molar-refractivity contribution in [1.82, 2.24) is 4.90 Å². The minimum atomic E-state index is -0.379. The van der Waals surface area contributed by atoms with E-state index >= 15 is 0 Å². The second kappa shape index (κ2) is 6.87. The summed E-state index contributed by atoms with van der Waals surface area (Å²) in [5, 5.41) is 10.3. The topological polar surface area (TPSA) is 23.5 Å². The standard InChI is InChI=1S/C16H24BrNO/c1-12(2)18(11-13-7-8-13)10-9-16(19)14-5-3-4-6-15(14)17/h3-6,12-13,16,19H,7-11H2,1-2H3. The van der Waals surface area contributed by atoms with Crippen molar-refractivity contribution in [3.05, 3.63) is 34.3 Å². The van der Waals surface area contributed by atoms with Crippen LogP contribution >= 0.6 is 15.9 Å². The largest absolute Gasteiger partial charge is 0.388 e. The fourth-order valence-electron chi connectivity index (χ4n) is 2.38. The summed E-state index contributed by atoms with van der Waals surface area (Å²) < 4.78 is 1.00. The predicted octanol–water partition coefficient (Wildman–Crippen LogP) is 3.99. The van der Waals surface area contributed by atoms with E-state index in [1.807, 2.05) is 24.3 Å². The van der Waals surface area contributed by atoms with Crippen molar-refractivity contribution in [3.63, 3.8) is 0 Å². The van der Waals surface area contributed by atoms with Crippen molar-refractivity contribution >= 4 is 15.9 Å². The fraction of sp³-hybridized carbons (Fsp3) is 0.625. The molecule has 1 saturated carbocycles. The van der Waals surface area contributed by atoms with E-state index in [-0.39, 0.29) is 6.10 Å². The highest BCUT2D eigenvalue weighted by Crippen LogP contribution is 2.31. The van der Waals surface area contributed by atoms with Crippen molar-refractivity contribution in [2.75, 3.05) is 13.1 Å². The Balaban J connectivity index is 1.87. The number of nitrogens with zero attached hydrogens (tertiary/aromatic N) is 1. The maximum absolute atomic E-state index is 10.3. The van der Waals surface area contributed by atoms with E-state index in [4.69, 9.17) is 0 Å². The minimum Gasteiger partial charge on any atom is -0.388 e. The van der Waals surface area contributed by atoms with Gasteiger partial charge in [-0.1, -0.05) is 34.1 Å². The molecule has 1 atom stereocenters. The molecule has 1 N–H and O–H groups in total. The summed E-state index contributed by atoms with van der Waals surface area (Å²) in [5.74, 6) is 0.906. The zero-order chi connectivity index (χ0) is 13.8. The minimum absolute atomic E-state index is 0.379. The maximum atomic E-state index is 10.3. The Morgan fingerprint density at radius 1 is 1.32 bits per heavy atom. The molecular weight excluding hydrogens is 302 g/mol. The SMILES string of the molecule is CC(C)N(CCC(O)c1ccccc1Br)CC1CC1. The van der Waals surface area contributed by atoms with Gasteiger partial charge in [-0.15, -0.1) is 0 Å². The molecule has 0 saturated heterocycles. The van der Waals surface area contributed by atoms with Crippen LogP contribution in [0, 0.1) is 5.92 Å². The van der Waals surface area contributed by atoms with Crippen LogP contribution in [0.15, 0.2) is 28.7 Å². The molecule has 0 radical (unpaired) electrons. The van der Waals surface area contributed by atoms with Gasteiger partial charge in [-0.2, -0.15) is 0 Å². The normalized spacial score (nSPS) is 17.2. The Hall–Kier alpha value is -0.380. The molecule has 1 aromatic rings. The van der Waals surface area contributed by atoms with Gasteiger partial charge in [0.25, 0.3) is 0 Å². The van der Waals surface area contributed by atoms with Crippen LogP contribution in [0.1, 0.15) is 44.8 Å². The molecule has 1 aromatic carbocycles. The number of benzene rings is 1. The van der Waals surface area contributed by atoms with Crippen LogP contribution in [0.2, 0.25) is 0 Å². The van der Waals surface area contributed by atoms with Gasteiger partial charge in [-0.25, -0.2) is 0 Å². The van der Waals surface area contributed by atoms with Gasteiger partial charge in [0.1, 0.15) is 0 Å². The molecule has 0 amide bonds. The average molecular weight is 326 g/mol. The van der Waals surface area contributed by atoms with E-state index in [0.717, 1.165) is 28.9 Å². The lowest BCUT2D eigenvalue weighted by atomic mass is 10.1. The van der Waals surface area contributed by atoms with Crippen LogP contribution in [0.25, 0.3) is 0 Å². The third kappa shape index (κ3) is 4.59. The summed E-state index contributed by atoms with van der Waals surface area (Å²) in [6, 6.07) is 8.51. The molecule has 106 valence electrons. The first-order chi connectivity index (χ1) is 9.08. The first kappa shape index (κ1) is 15.0. The molecule has 1 unspecified atom stereocenters. The quantitative estimate of drug-likeness (QED) is 0.819. The van der Waals surface area contributed by atoms with Crippen molar-refractivity contribution < 1.29 is 5.11 Å². The zero-order valence-corrected chi connectivity index (χ0v) is 13.4. The van der Waals surface area contributed by atoms with Crippen LogP contribution in [0.4, 0.5) is 0 Å². The van der Waals surface area contributed by atoms with Gasteiger partial charge in [-0.05, 0) is 50.7 Å². The molecule has 19 heavy (non-hydrogen) atoms. The number of hydrogen-bond acceptors (Lipinski definition) is 2. The van der Waals surface area contributed by atoms with Gasteiger partial charge in [-0.3, -0.25) is 0 Å². The summed E-state index contributed by atoms with van der Waals surface area (Å²) >= 11 is 3.51. The molecular formula is C16H24BrNO. The highest BCUT2D eigenvalue weighted by Gasteiger charge is 2.25. The molecule has 0 spiro atoms. The van der Waals surface area contributed by atoms with Crippen molar-refractivity contribution in [1.29, 1.82) is 0 Å². The van der Waals surface area contributed by atoms with E-state index in [1.165, 1.54) is 19.4 Å². The van der Waals surface area contributed by atoms with Crippen molar-refractivity contribution in [2.24, 2.45) is 5.92 Å². The van der Waals surface area contributed by atoms with Gasteiger partial charge in [0.15, 0.2) is 0 Å². The number of halogens is 1. The second-order valence-electron chi connectivity index (χ2n) is 5.86. The summed E-state index contributed by atoms with van der Waals surface area (Å²) in [6.07, 6.45) is 3.19. The Labute approximate surface area is 124 Å². The van der Waals surface area contributed by atoms with Gasteiger partial charge < -0.3 is 10.0 Å². The Bertz CT molecular complexity index is 403. The molecule has 0 bridgehead atoms. The molecule has 0 aromatic heterocycles. The van der Waals surface area contributed by atoms with Crippen LogP contribution in [0.5, 0.6) is 0 Å². The highest BCUT2D eigenvalue weighted by molar-refractivity contribution is 9.10. The number of aliphatic hydroxyl groups excluding tert-OH is 1. The van der Waals surface area contributed by atoms with E-state index in [0.29, 0.717) is 6.04 Å². The van der Waals surface area contributed by atoms with E-state index in [9.17, 15) is 5.11 Å². The Kier molecular flexibility index (Phi) is 5.43. The zero-order valence-electron chi connectivity index (χ0n) is 11.8. The van der Waals surface area contributed by atoms with Gasteiger partial charge in [0.05, 0.1) is 6.10 Å².